The highest BCUT2D eigenvalue weighted by molar-refractivity contribution is 5.38. The van der Waals surface area contributed by atoms with Crippen molar-refractivity contribution in [3.05, 3.63) is 0 Å². The molecule has 0 amide bonds. The second kappa shape index (κ2) is 3.49. The van der Waals surface area contributed by atoms with E-state index >= 15 is 0 Å². The molecule has 0 aliphatic heterocycles. The van der Waals surface area contributed by atoms with Crippen molar-refractivity contribution in [3.63, 3.8) is 0 Å². The van der Waals surface area contributed by atoms with Gasteiger partial charge in [0, 0.05) is 0 Å². The molecule has 0 saturated heterocycles. The fraction of sp³-hybridized carbons (Fsp3) is 0.857. The van der Waals surface area contributed by atoms with Crippen LogP contribution in [0.1, 0.15) is 27.2 Å². The predicted octanol–water partition coefficient (Wildman–Crippen LogP) is 1.51. The highest BCUT2D eigenvalue weighted by Gasteiger charge is 2.08. The van der Waals surface area contributed by atoms with Gasteiger partial charge in [0.25, 0.3) is 0 Å². The van der Waals surface area contributed by atoms with E-state index in [-0.39, 0.29) is 5.41 Å². The molecule has 0 aromatic rings. The summed E-state index contributed by atoms with van der Waals surface area (Å²) < 4.78 is 4.40. The molecule has 9 heavy (non-hydrogen) atoms. The molecule has 0 fully saturated rings. The summed E-state index contributed by atoms with van der Waals surface area (Å²) in [7, 11) is 0. The molecule has 0 aliphatic rings. The van der Waals surface area contributed by atoms with Crippen molar-refractivity contribution in [3.8, 4) is 0 Å². The molecule has 0 N–H and O–H groups in total. The van der Waals surface area contributed by atoms with Crippen molar-refractivity contribution in [2.75, 3.05) is 6.61 Å². The first-order valence-electron chi connectivity index (χ1n) is 3.05. The molecule has 0 unspecified atom stereocenters. The summed E-state index contributed by atoms with van der Waals surface area (Å²) in [6, 6.07) is 0. The lowest BCUT2D eigenvalue weighted by atomic mass is 9.93. The Morgan fingerprint density at radius 3 is 2.33 bits per heavy atom. The van der Waals surface area contributed by atoms with Gasteiger partial charge < -0.3 is 4.74 Å². The van der Waals surface area contributed by atoms with Gasteiger partial charge in [0.2, 0.25) is 0 Å². The minimum absolute atomic E-state index is 0.247. The maximum atomic E-state index is 9.54. The first-order chi connectivity index (χ1) is 4.06. The highest BCUT2D eigenvalue weighted by Crippen LogP contribution is 2.17. The van der Waals surface area contributed by atoms with Gasteiger partial charge in [0.05, 0.1) is 6.61 Å². The summed E-state index contributed by atoms with van der Waals surface area (Å²) in [5.74, 6) is 0. The molecule has 0 aromatic heterocycles. The number of carbonyl (C=O) groups excluding carboxylic acids is 1. The average molecular weight is 129 g/mol. The van der Waals surface area contributed by atoms with Gasteiger partial charge in [-0.15, -0.1) is 0 Å². The first kappa shape index (κ1) is 8.47. The number of rotatable bonds is 3. The zero-order chi connectivity index (χ0) is 7.33. The van der Waals surface area contributed by atoms with E-state index in [0.29, 0.717) is 6.61 Å². The van der Waals surface area contributed by atoms with E-state index in [0.717, 1.165) is 6.42 Å². The molecule has 0 aliphatic carbocycles. The molecule has 0 heterocycles. The second-order valence-electron chi connectivity index (χ2n) is 3.24. The molecule has 2 heteroatoms. The molecule has 1 radical (unpaired) electrons. The molecule has 0 atom stereocenters. The Bertz CT molecular complexity index is 81.4. The lowest BCUT2D eigenvalue weighted by molar-refractivity contribution is 0.221. The molecule has 0 rings (SSSR count). The summed E-state index contributed by atoms with van der Waals surface area (Å²) >= 11 is 0. The molecular formula is C7H13O2. The first-order valence-corrected chi connectivity index (χ1v) is 3.05. The van der Waals surface area contributed by atoms with Crippen molar-refractivity contribution in [2.24, 2.45) is 5.41 Å². The summed E-state index contributed by atoms with van der Waals surface area (Å²) in [6.45, 7) is 8.16. The molecule has 0 spiro atoms. The average Bonchev–Trinajstić information content (AvgIpc) is 1.63. The monoisotopic (exact) mass is 129 g/mol. The van der Waals surface area contributed by atoms with Crippen LogP contribution in [0.15, 0.2) is 0 Å². The van der Waals surface area contributed by atoms with E-state index in [1.807, 2.05) is 0 Å². The van der Waals surface area contributed by atoms with Gasteiger partial charge in [-0.2, -0.15) is 0 Å². The van der Waals surface area contributed by atoms with Crippen molar-refractivity contribution in [1.29, 1.82) is 0 Å². The minimum atomic E-state index is 0.247. The molecule has 53 valence electrons. The van der Waals surface area contributed by atoms with Crippen LogP contribution in [0.5, 0.6) is 0 Å². The Morgan fingerprint density at radius 1 is 1.44 bits per heavy atom. The van der Waals surface area contributed by atoms with E-state index < -0.39 is 0 Å². The van der Waals surface area contributed by atoms with Crippen LogP contribution in [0, 0.1) is 5.41 Å². The second-order valence-corrected chi connectivity index (χ2v) is 3.24. The number of hydrogen-bond donors (Lipinski definition) is 0. The standard InChI is InChI=1S/C7H13O2/c1-7(2,3)4-5-9-6-8/h4-5H2,1-3H3. The lowest BCUT2D eigenvalue weighted by Gasteiger charge is -2.15. The van der Waals surface area contributed by atoms with Gasteiger partial charge >= 0.3 is 6.47 Å². The van der Waals surface area contributed by atoms with Crippen molar-refractivity contribution in [1.82, 2.24) is 0 Å². The quantitative estimate of drug-likeness (QED) is 0.540. The third kappa shape index (κ3) is 7.47. The van der Waals surface area contributed by atoms with Gasteiger partial charge in [0.15, 0.2) is 0 Å². The third-order valence-corrected chi connectivity index (χ3v) is 1.01. The van der Waals surface area contributed by atoms with Crippen molar-refractivity contribution in [2.45, 2.75) is 27.2 Å². The Morgan fingerprint density at radius 2 is 2.00 bits per heavy atom. The van der Waals surface area contributed by atoms with E-state index in [9.17, 15) is 4.79 Å². The Kier molecular flexibility index (Phi) is 3.28. The Labute approximate surface area is 56.2 Å². The zero-order valence-corrected chi connectivity index (χ0v) is 6.23. The van der Waals surface area contributed by atoms with E-state index in [2.05, 4.69) is 25.5 Å². The number of ether oxygens (including phenoxy) is 1. The molecule has 0 aromatic carbocycles. The summed E-state index contributed by atoms with van der Waals surface area (Å²) in [5.41, 5.74) is 0.247. The van der Waals surface area contributed by atoms with Gasteiger partial charge in [-0.3, -0.25) is 0 Å². The van der Waals surface area contributed by atoms with Gasteiger partial charge in [-0.05, 0) is 11.8 Å². The molecule has 2 nitrogen and oxygen atoms in total. The van der Waals surface area contributed by atoms with Crippen molar-refractivity contribution >= 4 is 6.47 Å². The smallest absolute Gasteiger partial charge is 0.417 e. The molecular weight excluding hydrogens is 116 g/mol. The molecule has 0 saturated carbocycles. The summed E-state index contributed by atoms with van der Waals surface area (Å²) in [6.07, 6.45) is 0.891. The SMILES string of the molecule is CC(C)(C)CCO[C]=O. The van der Waals surface area contributed by atoms with Crippen LogP contribution < -0.4 is 0 Å². The van der Waals surface area contributed by atoms with Crippen molar-refractivity contribution < 1.29 is 9.53 Å². The number of hydrogen-bond acceptors (Lipinski definition) is 2. The summed E-state index contributed by atoms with van der Waals surface area (Å²) in [4.78, 5) is 9.54. The van der Waals surface area contributed by atoms with Crippen LogP contribution in [-0.2, 0) is 9.53 Å². The van der Waals surface area contributed by atoms with E-state index in [1.54, 1.807) is 0 Å². The van der Waals surface area contributed by atoms with Crippen LogP contribution in [0.3, 0.4) is 0 Å². The zero-order valence-electron chi connectivity index (χ0n) is 6.23. The van der Waals surface area contributed by atoms with Crippen LogP contribution in [0.2, 0.25) is 0 Å². The largest absolute Gasteiger partial charge is 0.457 e. The highest BCUT2D eigenvalue weighted by atomic mass is 16.5. The van der Waals surface area contributed by atoms with E-state index in [1.165, 1.54) is 6.47 Å². The maximum Gasteiger partial charge on any atom is 0.417 e. The lowest BCUT2D eigenvalue weighted by Crippen LogP contribution is -2.08. The topological polar surface area (TPSA) is 26.3 Å². The van der Waals surface area contributed by atoms with Gasteiger partial charge in [0.1, 0.15) is 0 Å². The maximum absolute atomic E-state index is 9.54. The fourth-order valence-electron chi connectivity index (χ4n) is 0.399. The van der Waals surface area contributed by atoms with Crippen LogP contribution in [-0.4, -0.2) is 13.1 Å². The van der Waals surface area contributed by atoms with Crippen LogP contribution in [0.25, 0.3) is 0 Å². The molecule has 0 bridgehead atoms. The minimum Gasteiger partial charge on any atom is -0.457 e. The van der Waals surface area contributed by atoms with Crippen LogP contribution in [0.4, 0.5) is 0 Å². The fourth-order valence-corrected chi connectivity index (χ4v) is 0.399. The van der Waals surface area contributed by atoms with Crippen LogP contribution >= 0.6 is 0 Å². The van der Waals surface area contributed by atoms with E-state index in [4.69, 9.17) is 0 Å². The predicted molar refractivity (Wildman–Crippen MR) is 35.7 cm³/mol. The third-order valence-electron chi connectivity index (χ3n) is 1.01. The van der Waals surface area contributed by atoms with Gasteiger partial charge in [-0.1, -0.05) is 20.8 Å². The Hall–Kier alpha value is -0.530. The summed E-state index contributed by atoms with van der Waals surface area (Å²) in [5, 5.41) is 0. The van der Waals surface area contributed by atoms with Gasteiger partial charge in [-0.25, -0.2) is 4.79 Å². The Balaban J connectivity index is 3.17. The normalized spacial score (nSPS) is 11.0.